The fourth-order valence-corrected chi connectivity index (χ4v) is 1.77. The predicted molar refractivity (Wildman–Crippen MR) is 76.8 cm³/mol. The van der Waals surface area contributed by atoms with E-state index in [-0.39, 0.29) is 0 Å². The zero-order valence-corrected chi connectivity index (χ0v) is 12.5. The maximum atomic E-state index is 8.47. The molecule has 2 N–H and O–H groups in total. The molecule has 2 rings (SSSR count). The highest BCUT2D eigenvalue weighted by Gasteiger charge is 2.26. The standard InChI is InChI=1S/C9H20O2.C6H10O3/c10-8-6-4-2-1-3-5-7-9-11;1(5-3-8-5)7-2-6-4-9-6/h10-11H,1-9H2;5-6H,1-4H2. The van der Waals surface area contributed by atoms with Crippen molar-refractivity contribution in [3.8, 4) is 0 Å². The van der Waals surface area contributed by atoms with E-state index in [9.17, 15) is 0 Å². The molecule has 5 heteroatoms. The van der Waals surface area contributed by atoms with Crippen LogP contribution >= 0.6 is 0 Å². The molecule has 2 unspecified atom stereocenters. The predicted octanol–water partition coefficient (Wildman–Crippen LogP) is 1.50. The third-order valence-electron chi connectivity index (χ3n) is 3.23. The van der Waals surface area contributed by atoms with Gasteiger partial charge in [-0.05, 0) is 12.8 Å². The summed E-state index contributed by atoms with van der Waals surface area (Å²) in [4.78, 5) is 0. The summed E-state index contributed by atoms with van der Waals surface area (Å²) in [5.41, 5.74) is 0. The Bertz CT molecular complexity index is 184. The number of unbranched alkanes of at least 4 members (excludes halogenated alkanes) is 6. The molecule has 0 aromatic heterocycles. The molecule has 2 aliphatic rings. The van der Waals surface area contributed by atoms with Crippen LogP contribution in [0.1, 0.15) is 44.9 Å². The van der Waals surface area contributed by atoms with Crippen LogP contribution in [0.3, 0.4) is 0 Å². The SMILES string of the molecule is C(OCC1CO1)C1CO1.OCCCCCCCCCO. The summed E-state index contributed by atoms with van der Waals surface area (Å²) in [5.74, 6) is 0. The van der Waals surface area contributed by atoms with Crippen LogP contribution in [0.25, 0.3) is 0 Å². The Balaban J connectivity index is 0.000000202. The van der Waals surface area contributed by atoms with Gasteiger partial charge in [0, 0.05) is 13.2 Å². The minimum Gasteiger partial charge on any atom is -0.396 e. The molecular weight excluding hydrogens is 260 g/mol. The van der Waals surface area contributed by atoms with Crippen molar-refractivity contribution >= 4 is 0 Å². The normalized spacial score (nSPS) is 23.1. The van der Waals surface area contributed by atoms with E-state index in [1.165, 1.54) is 19.3 Å². The van der Waals surface area contributed by atoms with Gasteiger partial charge in [0.15, 0.2) is 0 Å². The molecule has 2 atom stereocenters. The first-order valence-corrected chi connectivity index (χ1v) is 7.89. The Labute approximate surface area is 122 Å². The monoisotopic (exact) mass is 290 g/mol. The van der Waals surface area contributed by atoms with Crippen molar-refractivity contribution in [2.75, 3.05) is 39.6 Å². The van der Waals surface area contributed by atoms with Crippen molar-refractivity contribution in [1.82, 2.24) is 0 Å². The first-order valence-electron chi connectivity index (χ1n) is 7.89. The minimum absolute atomic E-state index is 0.330. The van der Waals surface area contributed by atoms with E-state index in [1.54, 1.807) is 0 Å². The topological polar surface area (TPSA) is 74.8 Å². The van der Waals surface area contributed by atoms with Gasteiger partial charge in [0.1, 0.15) is 12.2 Å². The molecule has 2 heterocycles. The largest absolute Gasteiger partial charge is 0.396 e. The number of hydrogen-bond donors (Lipinski definition) is 2. The molecule has 0 spiro atoms. The Morgan fingerprint density at radius 2 is 1.05 bits per heavy atom. The van der Waals surface area contributed by atoms with Gasteiger partial charge >= 0.3 is 0 Å². The lowest BCUT2D eigenvalue weighted by molar-refractivity contribution is 0.102. The van der Waals surface area contributed by atoms with Gasteiger partial charge in [-0.15, -0.1) is 0 Å². The van der Waals surface area contributed by atoms with E-state index in [2.05, 4.69) is 0 Å². The molecule has 20 heavy (non-hydrogen) atoms. The summed E-state index contributed by atoms with van der Waals surface area (Å²) >= 11 is 0. The Morgan fingerprint density at radius 1 is 0.700 bits per heavy atom. The van der Waals surface area contributed by atoms with Gasteiger partial charge in [0.25, 0.3) is 0 Å². The molecule has 0 aliphatic carbocycles. The van der Waals surface area contributed by atoms with Gasteiger partial charge in [-0.2, -0.15) is 0 Å². The third kappa shape index (κ3) is 12.8. The third-order valence-corrected chi connectivity index (χ3v) is 3.23. The lowest BCUT2D eigenvalue weighted by Gasteiger charge is -1.98. The average Bonchev–Trinajstić information content (AvgIpc) is 3.33. The molecule has 2 fully saturated rings. The number of aliphatic hydroxyl groups is 2. The van der Waals surface area contributed by atoms with Crippen LogP contribution in [0, 0.1) is 0 Å². The lowest BCUT2D eigenvalue weighted by Crippen LogP contribution is -2.06. The summed E-state index contributed by atoms with van der Waals surface area (Å²) in [6.07, 6.45) is 8.68. The Hall–Kier alpha value is -0.200. The quantitative estimate of drug-likeness (QED) is 0.421. The highest BCUT2D eigenvalue weighted by molar-refractivity contribution is 4.71. The van der Waals surface area contributed by atoms with E-state index in [1.807, 2.05) is 0 Å². The number of epoxide rings is 2. The van der Waals surface area contributed by atoms with E-state index in [4.69, 9.17) is 24.4 Å². The molecule has 0 bridgehead atoms. The number of ether oxygens (including phenoxy) is 3. The summed E-state index contributed by atoms with van der Waals surface area (Å²) in [5, 5.41) is 16.9. The second kappa shape index (κ2) is 12.5. The Kier molecular flexibility index (Phi) is 11.2. The molecule has 5 nitrogen and oxygen atoms in total. The van der Waals surface area contributed by atoms with E-state index >= 15 is 0 Å². The molecule has 2 saturated heterocycles. The molecule has 120 valence electrons. The van der Waals surface area contributed by atoms with Crippen molar-refractivity contribution in [1.29, 1.82) is 0 Å². The highest BCUT2D eigenvalue weighted by Crippen LogP contribution is 2.12. The van der Waals surface area contributed by atoms with Gasteiger partial charge in [0.05, 0.1) is 26.4 Å². The van der Waals surface area contributed by atoms with Crippen LogP contribution < -0.4 is 0 Å². The summed E-state index contributed by atoms with van der Waals surface area (Å²) in [7, 11) is 0. The van der Waals surface area contributed by atoms with Crippen molar-refractivity contribution in [2.45, 2.75) is 57.2 Å². The molecule has 0 radical (unpaired) electrons. The summed E-state index contributed by atoms with van der Waals surface area (Å²) in [6, 6.07) is 0. The Morgan fingerprint density at radius 3 is 1.35 bits per heavy atom. The average molecular weight is 290 g/mol. The van der Waals surface area contributed by atoms with E-state index in [0.29, 0.717) is 25.4 Å². The first-order chi connectivity index (χ1) is 9.86. The summed E-state index contributed by atoms with van der Waals surface area (Å²) in [6.45, 7) is 3.92. The van der Waals surface area contributed by atoms with Gasteiger partial charge in [0.2, 0.25) is 0 Å². The second-order valence-corrected chi connectivity index (χ2v) is 5.37. The fraction of sp³-hybridized carbons (Fsp3) is 1.00. The maximum Gasteiger partial charge on any atom is 0.104 e. The highest BCUT2D eigenvalue weighted by atomic mass is 16.6. The second-order valence-electron chi connectivity index (χ2n) is 5.37. The van der Waals surface area contributed by atoms with E-state index < -0.39 is 0 Å². The van der Waals surface area contributed by atoms with Gasteiger partial charge in [-0.3, -0.25) is 0 Å². The van der Waals surface area contributed by atoms with Crippen molar-refractivity contribution < 1.29 is 24.4 Å². The molecule has 2 aliphatic heterocycles. The smallest absolute Gasteiger partial charge is 0.104 e. The van der Waals surface area contributed by atoms with Crippen LogP contribution in [-0.2, 0) is 14.2 Å². The maximum absolute atomic E-state index is 8.47. The minimum atomic E-state index is 0.330. The van der Waals surface area contributed by atoms with Crippen LogP contribution in [-0.4, -0.2) is 62.1 Å². The van der Waals surface area contributed by atoms with Gasteiger partial charge in [-0.1, -0.05) is 32.1 Å². The number of rotatable bonds is 12. The molecule has 0 aromatic rings. The zero-order chi connectivity index (χ0) is 14.5. The van der Waals surface area contributed by atoms with Crippen molar-refractivity contribution in [3.05, 3.63) is 0 Å². The molecule has 0 saturated carbocycles. The fourth-order valence-electron chi connectivity index (χ4n) is 1.77. The van der Waals surface area contributed by atoms with Gasteiger partial charge < -0.3 is 24.4 Å². The number of aliphatic hydroxyl groups excluding tert-OH is 2. The molecule has 0 aromatic carbocycles. The van der Waals surface area contributed by atoms with Crippen LogP contribution in [0.4, 0.5) is 0 Å². The molecular formula is C15H30O5. The van der Waals surface area contributed by atoms with Crippen LogP contribution in [0.15, 0.2) is 0 Å². The van der Waals surface area contributed by atoms with E-state index in [0.717, 1.165) is 52.1 Å². The van der Waals surface area contributed by atoms with Crippen LogP contribution in [0.5, 0.6) is 0 Å². The van der Waals surface area contributed by atoms with Gasteiger partial charge in [-0.25, -0.2) is 0 Å². The molecule has 0 amide bonds. The van der Waals surface area contributed by atoms with Crippen LogP contribution in [0.2, 0.25) is 0 Å². The number of hydrogen-bond acceptors (Lipinski definition) is 5. The van der Waals surface area contributed by atoms with Crippen molar-refractivity contribution in [3.63, 3.8) is 0 Å². The van der Waals surface area contributed by atoms with Crippen molar-refractivity contribution in [2.24, 2.45) is 0 Å². The first kappa shape index (κ1) is 17.9. The zero-order valence-electron chi connectivity index (χ0n) is 12.5. The lowest BCUT2D eigenvalue weighted by atomic mass is 10.1. The summed E-state index contributed by atoms with van der Waals surface area (Å²) < 4.78 is 15.1.